The number of carbonyl (C=O) groups is 2. The molecule has 0 unspecified atom stereocenters. The minimum Gasteiger partial charge on any atom is -0.444 e. The summed E-state index contributed by atoms with van der Waals surface area (Å²) in [4.78, 5) is 22.7. The number of hydrogen-bond donors (Lipinski definition) is 2. The van der Waals surface area contributed by atoms with E-state index in [9.17, 15) is 9.59 Å². The molecule has 1 amide bonds. The lowest BCUT2D eigenvalue weighted by atomic mass is 10.2. The van der Waals surface area contributed by atoms with Crippen LogP contribution in [-0.2, 0) is 4.74 Å². The summed E-state index contributed by atoms with van der Waals surface area (Å²) in [6, 6.07) is 1.75. The Balaban J connectivity index is 0. The Bertz CT molecular complexity index is 412. The topological polar surface area (TPSA) is 75.6 Å². The summed E-state index contributed by atoms with van der Waals surface area (Å²) in [6.07, 6.45) is 0.270. The highest BCUT2D eigenvalue weighted by molar-refractivity contribution is 7.17. The Morgan fingerprint density at radius 3 is 2.44 bits per heavy atom. The monoisotopic (exact) mass is 275 g/mol. The van der Waals surface area contributed by atoms with E-state index in [1.54, 1.807) is 26.8 Å². The number of aliphatic hydroxyl groups is 1. The van der Waals surface area contributed by atoms with E-state index in [-0.39, 0.29) is 1.43 Å². The van der Waals surface area contributed by atoms with E-state index in [0.717, 1.165) is 19.0 Å². The SMILES string of the molecule is CO.Cc1cc(NC(=O)OC(C)(C)C)sc1C=O.[HH]. The third kappa shape index (κ3) is 5.79. The normalized spacial score (nSPS) is 10.1. The summed E-state index contributed by atoms with van der Waals surface area (Å²) in [5, 5.41) is 10.2. The summed E-state index contributed by atoms with van der Waals surface area (Å²) < 4.78 is 5.09. The first kappa shape index (κ1) is 16.6. The van der Waals surface area contributed by atoms with Crippen molar-refractivity contribution in [1.82, 2.24) is 0 Å². The lowest BCUT2D eigenvalue weighted by Gasteiger charge is -2.19. The largest absolute Gasteiger partial charge is 0.444 e. The van der Waals surface area contributed by atoms with Crippen molar-refractivity contribution < 1.29 is 20.9 Å². The number of hydrogen-bond acceptors (Lipinski definition) is 5. The molecule has 0 bridgehead atoms. The van der Waals surface area contributed by atoms with Gasteiger partial charge in [0, 0.05) is 8.54 Å². The van der Waals surface area contributed by atoms with Gasteiger partial charge in [0.2, 0.25) is 0 Å². The Kier molecular flexibility index (Phi) is 6.57. The first-order valence-electron chi connectivity index (χ1n) is 5.32. The van der Waals surface area contributed by atoms with E-state index in [1.165, 1.54) is 11.3 Å². The first-order chi connectivity index (χ1) is 8.31. The molecule has 18 heavy (non-hydrogen) atoms. The molecule has 0 atom stereocenters. The summed E-state index contributed by atoms with van der Waals surface area (Å²) >= 11 is 1.23. The Morgan fingerprint density at radius 1 is 1.50 bits per heavy atom. The molecule has 0 saturated carbocycles. The van der Waals surface area contributed by atoms with Gasteiger partial charge in [0.05, 0.1) is 9.88 Å². The molecule has 0 spiro atoms. The zero-order valence-corrected chi connectivity index (χ0v) is 12.1. The molecule has 0 fully saturated rings. The van der Waals surface area contributed by atoms with Gasteiger partial charge in [-0.2, -0.15) is 0 Å². The maximum Gasteiger partial charge on any atom is 0.412 e. The highest BCUT2D eigenvalue weighted by Gasteiger charge is 2.17. The van der Waals surface area contributed by atoms with E-state index in [2.05, 4.69) is 5.32 Å². The molecule has 2 N–H and O–H groups in total. The fourth-order valence-corrected chi connectivity index (χ4v) is 1.95. The minimum atomic E-state index is -0.524. The summed E-state index contributed by atoms with van der Waals surface area (Å²) in [6.45, 7) is 7.20. The van der Waals surface area contributed by atoms with Crippen LogP contribution in [0.5, 0.6) is 0 Å². The molecule has 0 aliphatic rings. The second-order valence-electron chi connectivity index (χ2n) is 4.40. The molecule has 1 aromatic heterocycles. The lowest BCUT2D eigenvalue weighted by molar-refractivity contribution is 0.0636. The molecule has 1 heterocycles. The number of nitrogens with one attached hydrogen (secondary N) is 1. The van der Waals surface area contributed by atoms with Crippen LogP contribution in [0.3, 0.4) is 0 Å². The molecule has 0 aromatic carbocycles. The van der Waals surface area contributed by atoms with Gasteiger partial charge < -0.3 is 9.84 Å². The van der Waals surface area contributed by atoms with Crippen molar-refractivity contribution in [3.05, 3.63) is 16.5 Å². The van der Waals surface area contributed by atoms with Gasteiger partial charge >= 0.3 is 6.09 Å². The highest BCUT2D eigenvalue weighted by Crippen LogP contribution is 2.25. The maximum absolute atomic E-state index is 11.4. The lowest BCUT2D eigenvalue weighted by Crippen LogP contribution is -2.26. The molecule has 5 nitrogen and oxygen atoms in total. The van der Waals surface area contributed by atoms with Gasteiger partial charge in [0.25, 0.3) is 0 Å². The Labute approximate surface area is 112 Å². The number of anilines is 1. The van der Waals surface area contributed by atoms with E-state index in [4.69, 9.17) is 9.84 Å². The molecule has 1 rings (SSSR count). The number of aryl methyl sites for hydroxylation is 1. The van der Waals surface area contributed by atoms with Crippen LogP contribution < -0.4 is 5.32 Å². The molecule has 104 valence electrons. The second kappa shape index (κ2) is 7.13. The maximum atomic E-state index is 11.4. The van der Waals surface area contributed by atoms with E-state index in [0.29, 0.717) is 9.88 Å². The van der Waals surface area contributed by atoms with Crippen LogP contribution in [0.25, 0.3) is 0 Å². The molecular weight excluding hydrogens is 254 g/mol. The first-order valence-corrected chi connectivity index (χ1v) is 6.14. The summed E-state index contributed by atoms with van der Waals surface area (Å²) in [5.74, 6) is 0. The van der Waals surface area contributed by atoms with E-state index >= 15 is 0 Å². The van der Waals surface area contributed by atoms with Crippen molar-refractivity contribution in [2.24, 2.45) is 0 Å². The number of rotatable bonds is 2. The van der Waals surface area contributed by atoms with Crippen LogP contribution in [0.2, 0.25) is 0 Å². The van der Waals surface area contributed by atoms with Gasteiger partial charge in [-0.3, -0.25) is 10.1 Å². The van der Waals surface area contributed by atoms with Crippen LogP contribution in [0, 0.1) is 6.92 Å². The van der Waals surface area contributed by atoms with Crippen LogP contribution >= 0.6 is 11.3 Å². The predicted octanol–water partition coefficient (Wildman–Crippen LogP) is 3.07. The van der Waals surface area contributed by atoms with Crippen LogP contribution in [0.4, 0.5) is 9.80 Å². The van der Waals surface area contributed by atoms with E-state index < -0.39 is 11.7 Å². The van der Waals surface area contributed by atoms with Crippen molar-refractivity contribution in [1.29, 1.82) is 0 Å². The molecule has 0 radical (unpaired) electrons. The Hall–Kier alpha value is -1.40. The van der Waals surface area contributed by atoms with Crippen LogP contribution in [0.15, 0.2) is 6.07 Å². The average Bonchev–Trinajstić information content (AvgIpc) is 2.58. The fourth-order valence-electron chi connectivity index (χ4n) is 1.08. The quantitative estimate of drug-likeness (QED) is 0.813. The van der Waals surface area contributed by atoms with Crippen LogP contribution in [-0.4, -0.2) is 30.2 Å². The number of thiophene rings is 1. The van der Waals surface area contributed by atoms with Gasteiger partial charge in [-0.25, -0.2) is 4.79 Å². The third-order valence-corrected chi connectivity index (χ3v) is 2.77. The average molecular weight is 275 g/mol. The number of aldehydes is 1. The molecular formula is C12H21NO4S. The van der Waals surface area contributed by atoms with Crippen molar-refractivity contribution in [3.8, 4) is 0 Å². The number of aliphatic hydroxyl groups excluding tert-OH is 1. The molecule has 6 heteroatoms. The van der Waals surface area contributed by atoms with Crippen molar-refractivity contribution >= 4 is 28.7 Å². The summed E-state index contributed by atoms with van der Waals surface area (Å²) in [7, 11) is 1.00. The number of amides is 1. The minimum absolute atomic E-state index is 0. The van der Waals surface area contributed by atoms with Crippen LogP contribution in [0.1, 0.15) is 37.4 Å². The second-order valence-corrected chi connectivity index (χ2v) is 5.49. The van der Waals surface area contributed by atoms with Crippen molar-refractivity contribution in [2.75, 3.05) is 12.4 Å². The van der Waals surface area contributed by atoms with Gasteiger partial charge in [0.1, 0.15) is 5.60 Å². The molecule has 0 aliphatic carbocycles. The number of carbonyl (C=O) groups excluding carboxylic acids is 2. The summed E-state index contributed by atoms with van der Waals surface area (Å²) in [5.41, 5.74) is 0.329. The molecule has 1 aromatic rings. The van der Waals surface area contributed by atoms with Gasteiger partial charge in [-0.05, 0) is 39.3 Å². The number of ether oxygens (including phenoxy) is 1. The molecule has 0 aliphatic heterocycles. The van der Waals surface area contributed by atoms with Gasteiger partial charge in [0.15, 0.2) is 6.29 Å². The zero-order chi connectivity index (χ0) is 14.3. The predicted molar refractivity (Wildman–Crippen MR) is 74.6 cm³/mol. The van der Waals surface area contributed by atoms with Gasteiger partial charge in [-0.1, -0.05) is 0 Å². The smallest absolute Gasteiger partial charge is 0.412 e. The zero-order valence-electron chi connectivity index (χ0n) is 11.2. The van der Waals surface area contributed by atoms with Crippen molar-refractivity contribution in [3.63, 3.8) is 0 Å². The third-order valence-electron chi connectivity index (χ3n) is 1.69. The van der Waals surface area contributed by atoms with Gasteiger partial charge in [-0.15, -0.1) is 11.3 Å². The van der Waals surface area contributed by atoms with E-state index in [1.807, 2.05) is 6.92 Å². The fraction of sp³-hybridized carbons (Fsp3) is 0.500. The van der Waals surface area contributed by atoms with Crippen molar-refractivity contribution in [2.45, 2.75) is 33.3 Å². The Morgan fingerprint density at radius 2 is 2.06 bits per heavy atom. The highest BCUT2D eigenvalue weighted by atomic mass is 32.1. The standard InChI is InChI=1S/C11H15NO3S.CH4O.H2/c1-7-5-9(16-8(7)6-13)12-10(14)15-11(2,3)4;1-2;/h5-6H,1-4H3,(H,12,14);2H,1H3;1H. The molecule has 0 saturated heterocycles.